The highest BCUT2D eigenvalue weighted by Gasteiger charge is 2.34. The van der Waals surface area contributed by atoms with Crippen LogP contribution in [0.2, 0.25) is 0 Å². The van der Waals surface area contributed by atoms with E-state index in [2.05, 4.69) is 4.90 Å². The average Bonchev–Trinajstić information content (AvgIpc) is 2.70. The molecular formula is C15H26N2O3. The lowest BCUT2D eigenvalue weighted by Crippen LogP contribution is -2.49. The van der Waals surface area contributed by atoms with E-state index in [0.29, 0.717) is 0 Å². The van der Waals surface area contributed by atoms with Gasteiger partial charge in [-0.05, 0) is 39.2 Å². The summed E-state index contributed by atoms with van der Waals surface area (Å²) in [5.41, 5.74) is 0. The van der Waals surface area contributed by atoms with E-state index in [-0.39, 0.29) is 24.4 Å². The van der Waals surface area contributed by atoms with Crippen molar-refractivity contribution in [2.75, 3.05) is 19.6 Å². The van der Waals surface area contributed by atoms with Crippen LogP contribution in [0.25, 0.3) is 0 Å². The SMILES string of the molecule is CC(C(=O)N1CCCCCC1)N1CCCC1CC(=O)O. The number of rotatable bonds is 4. The minimum Gasteiger partial charge on any atom is -0.481 e. The second-order valence-corrected chi connectivity index (χ2v) is 6.05. The Labute approximate surface area is 120 Å². The maximum atomic E-state index is 12.6. The van der Waals surface area contributed by atoms with Gasteiger partial charge in [-0.25, -0.2) is 0 Å². The fraction of sp³-hybridized carbons (Fsp3) is 0.867. The van der Waals surface area contributed by atoms with Crippen LogP contribution in [0.1, 0.15) is 51.9 Å². The first-order valence-corrected chi connectivity index (χ1v) is 7.86. The highest BCUT2D eigenvalue weighted by molar-refractivity contribution is 5.81. The van der Waals surface area contributed by atoms with Gasteiger partial charge in [-0.15, -0.1) is 0 Å². The Bertz CT molecular complexity index is 351. The molecule has 0 aliphatic carbocycles. The Hall–Kier alpha value is -1.10. The molecule has 0 radical (unpaired) electrons. The van der Waals surface area contributed by atoms with Crippen molar-refractivity contribution in [1.29, 1.82) is 0 Å². The molecule has 0 spiro atoms. The Balaban J connectivity index is 1.95. The van der Waals surface area contributed by atoms with Gasteiger partial charge in [0.15, 0.2) is 0 Å². The largest absolute Gasteiger partial charge is 0.481 e. The summed E-state index contributed by atoms with van der Waals surface area (Å²) in [4.78, 5) is 27.6. The molecule has 20 heavy (non-hydrogen) atoms. The molecule has 2 unspecified atom stereocenters. The fourth-order valence-corrected chi connectivity index (χ4v) is 3.49. The topological polar surface area (TPSA) is 60.9 Å². The third-order valence-electron chi connectivity index (χ3n) is 4.61. The number of hydrogen-bond acceptors (Lipinski definition) is 3. The lowest BCUT2D eigenvalue weighted by molar-refractivity contribution is -0.141. The smallest absolute Gasteiger partial charge is 0.304 e. The van der Waals surface area contributed by atoms with E-state index in [4.69, 9.17) is 5.11 Å². The quantitative estimate of drug-likeness (QED) is 0.853. The van der Waals surface area contributed by atoms with Crippen LogP contribution in [-0.4, -0.2) is 58.5 Å². The third-order valence-corrected chi connectivity index (χ3v) is 4.61. The van der Waals surface area contributed by atoms with Gasteiger partial charge in [0.05, 0.1) is 12.5 Å². The third kappa shape index (κ3) is 3.72. The van der Waals surface area contributed by atoms with Crippen LogP contribution < -0.4 is 0 Å². The summed E-state index contributed by atoms with van der Waals surface area (Å²) in [5, 5.41) is 8.98. The van der Waals surface area contributed by atoms with E-state index in [0.717, 1.165) is 45.3 Å². The molecule has 0 aromatic heterocycles. The number of nitrogens with zero attached hydrogens (tertiary/aromatic N) is 2. The second kappa shape index (κ2) is 7.07. The summed E-state index contributed by atoms with van der Waals surface area (Å²) in [7, 11) is 0. The van der Waals surface area contributed by atoms with E-state index >= 15 is 0 Å². The van der Waals surface area contributed by atoms with Gasteiger partial charge < -0.3 is 10.0 Å². The zero-order chi connectivity index (χ0) is 14.5. The molecular weight excluding hydrogens is 256 g/mol. The van der Waals surface area contributed by atoms with Crippen LogP contribution in [0.3, 0.4) is 0 Å². The van der Waals surface area contributed by atoms with Gasteiger partial charge in [0.1, 0.15) is 0 Å². The van der Waals surface area contributed by atoms with Gasteiger partial charge >= 0.3 is 5.97 Å². The maximum Gasteiger partial charge on any atom is 0.304 e. The lowest BCUT2D eigenvalue weighted by Gasteiger charge is -2.33. The van der Waals surface area contributed by atoms with Crippen molar-refractivity contribution in [2.45, 2.75) is 64.0 Å². The van der Waals surface area contributed by atoms with Crippen LogP contribution in [0.4, 0.5) is 0 Å². The Kier molecular flexibility index (Phi) is 5.40. The standard InChI is InChI=1S/C15H26N2O3/c1-12(15(20)16-8-4-2-3-5-9-16)17-10-6-7-13(17)11-14(18)19/h12-13H,2-11H2,1H3,(H,18,19). The van der Waals surface area contributed by atoms with Gasteiger partial charge in [-0.2, -0.15) is 0 Å². The van der Waals surface area contributed by atoms with Gasteiger partial charge in [0.25, 0.3) is 0 Å². The van der Waals surface area contributed by atoms with E-state index in [1.54, 1.807) is 0 Å². The van der Waals surface area contributed by atoms with Crippen LogP contribution in [0.15, 0.2) is 0 Å². The normalized spacial score (nSPS) is 26.2. The molecule has 0 saturated carbocycles. The van der Waals surface area contributed by atoms with Crippen molar-refractivity contribution < 1.29 is 14.7 Å². The number of aliphatic carboxylic acids is 1. The predicted molar refractivity (Wildman–Crippen MR) is 76.5 cm³/mol. The van der Waals surface area contributed by atoms with E-state index in [9.17, 15) is 9.59 Å². The summed E-state index contributed by atoms with van der Waals surface area (Å²) in [5.74, 6) is -0.583. The highest BCUT2D eigenvalue weighted by Crippen LogP contribution is 2.24. The van der Waals surface area contributed by atoms with Crippen molar-refractivity contribution in [3.8, 4) is 0 Å². The molecule has 5 nitrogen and oxygen atoms in total. The number of carboxylic acid groups (broad SMARTS) is 1. The molecule has 1 amide bonds. The minimum atomic E-state index is -0.767. The summed E-state index contributed by atoms with van der Waals surface area (Å²) in [6.45, 7) is 4.51. The maximum absolute atomic E-state index is 12.6. The molecule has 0 aromatic carbocycles. The van der Waals surface area contributed by atoms with Gasteiger partial charge in [-0.1, -0.05) is 12.8 Å². The molecule has 2 rings (SSSR count). The van der Waals surface area contributed by atoms with Crippen LogP contribution in [0.5, 0.6) is 0 Å². The Morgan fingerprint density at radius 1 is 1.10 bits per heavy atom. The Morgan fingerprint density at radius 2 is 1.75 bits per heavy atom. The van der Waals surface area contributed by atoms with Crippen molar-refractivity contribution >= 4 is 11.9 Å². The second-order valence-electron chi connectivity index (χ2n) is 6.05. The van der Waals surface area contributed by atoms with E-state index in [1.165, 1.54) is 12.8 Å². The molecule has 2 atom stereocenters. The molecule has 114 valence electrons. The first kappa shape index (κ1) is 15.3. The number of hydrogen-bond donors (Lipinski definition) is 1. The zero-order valence-corrected chi connectivity index (χ0v) is 12.4. The number of carboxylic acids is 1. The van der Waals surface area contributed by atoms with Crippen LogP contribution >= 0.6 is 0 Å². The monoisotopic (exact) mass is 282 g/mol. The molecule has 0 aromatic rings. The first-order chi connectivity index (χ1) is 9.59. The average molecular weight is 282 g/mol. The van der Waals surface area contributed by atoms with Crippen LogP contribution in [0, 0.1) is 0 Å². The van der Waals surface area contributed by atoms with Gasteiger partial charge in [-0.3, -0.25) is 14.5 Å². The minimum absolute atomic E-state index is 0.0263. The molecule has 2 saturated heterocycles. The molecule has 2 aliphatic heterocycles. The summed E-state index contributed by atoms with van der Waals surface area (Å²) >= 11 is 0. The van der Waals surface area contributed by atoms with Crippen molar-refractivity contribution in [3.05, 3.63) is 0 Å². The van der Waals surface area contributed by atoms with E-state index in [1.807, 2.05) is 11.8 Å². The summed E-state index contributed by atoms with van der Waals surface area (Å²) in [6, 6.07) is -0.154. The van der Waals surface area contributed by atoms with Crippen molar-refractivity contribution in [1.82, 2.24) is 9.80 Å². The molecule has 2 heterocycles. The highest BCUT2D eigenvalue weighted by atomic mass is 16.4. The Morgan fingerprint density at radius 3 is 2.35 bits per heavy atom. The van der Waals surface area contributed by atoms with Gasteiger partial charge in [0.2, 0.25) is 5.91 Å². The fourth-order valence-electron chi connectivity index (χ4n) is 3.49. The number of carbonyl (C=O) groups excluding carboxylic acids is 1. The number of carbonyl (C=O) groups is 2. The van der Waals surface area contributed by atoms with Crippen LogP contribution in [-0.2, 0) is 9.59 Å². The van der Waals surface area contributed by atoms with Gasteiger partial charge in [0, 0.05) is 19.1 Å². The molecule has 0 bridgehead atoms. The summed E-state index contributed by atoms with van der Waals surface area (Å²) < 4.78 is 0. The lowest BCUT2D eigenvalue weighted by atomic mass is 10.1. The number of amides is 1. The molecule has 2 aliphatic rings. The predicted octanol–water partition coefficient (Wildman–Crippen LogP) is 1.72. The number of likely N-dealkylation sites (tertiary alicyclic amines) is 2. The molecule has 1 N–H and O–H groups in total. The molecule has 5 heteroatoms. The van der Waals surface area contributed by atoms with Crippen molar-refractivity contribution in [2.24, 2.45) is 0 Å². The van der Waals surface area contributed by atoms with Crippen molar-refractivity contribution in [3.63, 3.8) is 0 Å². The molecule has 2 fully saturated rings. The first-order valence-electron chi connectivity index (χ1n) is 7.86. The zero-order valence-electron chi connectivity index (χ0n) is 12.4. The van der Waals surface area contributed by atoms with E-state index < -0.39 is 5.97 Å². The summed E-state index contributed by atoms with van der Waals surface area (Å²) in [6.07, 6.45) is 6.65.